The molecule has 8 heteroatoms. The molecular formula is C12H18ClN7. The van der Waals surface area contributed by atoms with E-state index in [1.54, 1.807) is 6.20 Å². The predicted molar refractivity (Wildman–Crippen MR) is 79.1 cm³/mol. The van der Waals surface area contributed by atoms with Crippen LogP contribution in [0.1, 0.15) is 0 Å². The molecule has 1 unspecified atom stereocenters. The maximum Gasteiger partial charge on any atom is 0.226 e. The summed E-state index contributed by atoms with van der Waals surface area (Å²) in [5, 5.41) is 11.2. The molecule has 0 bridgehead atoms. The monoisotopic (exact) mass is 295 g/mol. The maximum atomic E-state index is 5.93. The van der Waals surface area contributed by atoms with Crippen LogP contribution >= 0.6 is 11.6 Å². The van der Waals surface area contributed by atoms with Crippen LogP contribution in [-0.4, -0.2) is 76.3 Å². The van der Waals surface area contributed by atoms with Gasteiger partial charge in [-0.2, -0.15) is 15.1 Å². The summed E-state index contributed by atoms with van der Waals surface area (Å²) in [7, 11) is 4.30. The average Bonchev–Trinajstić information content (AvgIpc) is 2.87. The standard InChI is InChI=1S/C12H18ClN7/c1-19-3-4-20(2)8(7-19)5-14-10-9-6-15-18-11(9)17-12(13)16-10/h6,8H,3-5,7H2,1-2H3,(H2,14,15,16,17,18). The lowest BCUT2D eigenvalue weighted by Crippen LogP contribution is -2.52. The van der Waals surface area contributed by atoms with Crippen LogP contribution in [0.25, 0.3) is 11.0 Å². The van der Waals surface area contributed by atoms with E-state index < -0.39 is 0 Å². The van der Waals surface area contributed by atoms with Crippen LogP contribution in [-0.2, 0) is 0 Å². The Morgan fingerprint density at radius 3 is 3.10 bits per heavy atom. The van der Waals surface area contributed by atoms with Crippen molar-refractivity contribution in [3.63, 3.8) is 0 Å². The molecule has 0 aromatic carbocycles. The van der Waals surface area contributed by atoms with Crippen LogP contribution in [0, 0.1) is 0 Å². The van der Waals surface area contributed by atoms with E-state index in [-0.39, 0.29) is 5.28 Å². The molecule has 0 aliphatic carbocycles. The largest absolute Gasteiger partial charge is 0.368 e. The Labute approximate surface area is 122 Å². The van der Waals surface area contributed by atoms with Gasteiger partial charge in [0.05, 0.1) is 11.6 Å². The molecular weight excluding hydrogens is 278 g/mol. The van der Waals surface area contributed by atoms with E-state index in [0.717, 1.165) is 37.4 Å². The van der Waals surface area contributed by atoms with Crippen LogP contribution < -0.4 is 5.32 Å². The van der Waals surface area contributed by atoms with Gasteiger partial charge >= 0.3 is 0 Å². The number of H-pyrrole nitrogens is 1. The number of nitrogens with zero attached hydrogens (tertiary/aromatic N) is 5. The Balaban J connectivity index is 1.74. The van der Waals surface area contributed by atoms with E-state index in [0.29, 0.717) is 11.7 Å². The number of halogens is 1. The molecule has 3 rings (SSSR count). The first kappa shape index (κ1) is 13.5. The number of hydrogen-bond donors (Lipinski definition) is 2. The Hall–Kier alpha value is -1.44. The zero-order valence-corrected chi connectivity index (χ0v) is 12.4. The van der Waals surface area contributed by atoms with E-state index in [1.165, 1.54) is 0 Å². The molecule has 7 nitrogen and oxygen atoms in total. The van der Waals surface area contributed by atoms with Gasteiger partial charge < -0.3 is 10.2 Å². The van der Waals surface area contributed by atoms with Crippen LogP contribution in [0.4, 0.5) is 5.82 Å². The molecule has 2 N–H and O–H groups in total. The van der Waals surface area contributed by atoms with Crippen LogP contribution in [0.3, 0.4) is 0 Å². The summed E-state index contributed by atoms with van der Waals surface area (Å²) in [6.07, 6.45) is 1.71. The van der Waals surface area contributed by atoms with Crippen molar-refractivity contribution in [2.24, 2.45) is 0 Å². The minimum absolute atomic E-state index is 0.221. The summed E-state index contributed by atoms with van der Waals surface area (Å²) < 4.78 is 0. The summed E-state index contributed by atoms with van der Waals surface area (Å²) in [4.78, 5) is 13.1. The molecule has 1 aliphatic rings. The van der Waals surface area contributed by atoms with Gasteiger partial charge in [0.1, 0.15) is 5.82 Å². The molecule has 3 heterocycles. The smallest absolute Gasteiger partial charge is 0.226 e. The molecule has 1 saturated heterocycles. The Kier molecular flexibility index (Phi) is 3.73. The highest BCUT2D eigenvalue weighted by Gasteiger charge is 2.22. The number of aromatic amines is 1. The third-order valence-corrected chi connectivity index (χ3v) is 3.94. The normalized spacial score (nSPS) is 21.4. The number of hydrogen-bond acceptors (Lipinski definition) is 6. The first-order valence-corrected chi connectivity index (χ1v) is 7.00. The Bertz CT molecular complexity index is 599. The quantitative estimate of drug-likeness (QED) is 0.811. The zero-order valence-electron chi connectivity index (χ0n) is 11.6. The summed E-state index contributed by atoms with van der Waals surface area (Å²) >= 11 is 5.93. The first-order valence-electron chi connectivity index (χ1n) is 6.63. The summed E-state index contributed by atoms with van der Waals surface area (Å²) in [6.45, 7) is 4.04. The molecule has 0 spiro atoms. The highest BCUT2D eigenvalue weighted by Crippen LogP contribution is 2.20. The molecule has 2 aromatic rings. The third kappa shape index (κ3) is 2.70. The molecule has 1 atom stereocenters. The first-order chi connectivity index (χ1) is 9.63. The fraction of sp³-hybridized carbons (Fsp3) is 0.583. The van der Waals surface area contributed by atoms with Gasteiger partial charge in [0, 0.05) is 32.2 Å². The average molecular weight is 296 g/mol. The molecule has 1 aliphatic heterocycles. The van der Waals surface area contributed by atoms with E-state index in [1.807, 2.05) is 0 Å². The van der Waals surface area contributed by atoms with Crippen molar-refractivity contribution in [3.05, 3.63) is 11.5 Å². The van der Waals surface area contributed by atoms with Crippen molar-refractivity contribution in [1.82, 2.24) is 30.0 Å². The summed E-state index contributed by atoms with van der Waals surface area (Å²) in [5.74, 6) is 0.732. The van der Waals surface area contributed by atoms with E-state index in [9.17, 15) is 0 Å². The molecule has 0 radical (unpaired) electrons. The number of fused-ring (bicyclic) bond motifs is 1. The molecule has 1 fully saturated rings. The Morgan fingerprint density at radius 1 is 1.40 bits per heavy atom. The van der Waals surface area contributed by atoms with Crippen molar-refractivity contribution in [3.8, 4) is 0 Å². The van der Waals surface area contributed by atoms with Crippen molar-refractivity contribution in [2.75, 3.05) is 45.6 Å². The van der Waals surface area contributed by atoms with Crippen LogP contribution in [0.15, 0.2) is 6.20 Å². The lowest BCUT2D eigenvalue weighted by atomic mass is 10.2. The minimum Gasteiger partial charge on any atom is -0.368 e. The van der Waals surface area contributed by atoms with Gasteiger partial charge in [0.25, 0.3) is 0 Å². The number of piperazine rings is 1. The molecule has 108 valence electrons. The maximum absolute atomic E-state index is 5.93. The van der Waals surface area contributed by atoms with Crippen molar-refractivity contribution < 1.29 is 0 Å². The second kappa shape index (κ2) is 5.51. The third-order valence-electron chi connectivity index (χ3n) is 3.77. The fourth-order valence-corrected chi connectivity index (χ4v) is 2.65. The van der Waals surface area contributed by atoms with Gasteiger partial charge in [0.15, 0.2) is 5.65 Å². The van der Waals surface area contributed by atoms with Gasteiger partial charge in [-0.3, -0.25) is 10.00 Å². The SMILES string of the molecule is CN1CCN(C)C(CNc2nc(Cl)nc3[nH]ncc23)C1. The van der Waals surface area contributed by atoms with Gasteiger partial charge in [-0.1, -0.05) is 0 Å². The predicted octanol–water partition coefficient (Wildman–Crippen LogP) is 0.664. The zero-order chi connectivity index (χ0) is 14.1. The van der Waals surface area contributed by atoms with E-state index in [2.05, 4.69) is 49.4 Å². The van der Waals surface area contributed by atoms with E-state index >= 15 is 0 Å². The van der Waals surface area contributed by atoms with Crippen molar-refractivity contribution in [2.45, 2.75) is 6.04 Å². The van der Waals surface area contributed by atoms with Crippen molar-refractivity contribution in [1.29, 1.82) is 0 Å². The number of rotatable bonds is 3. The molecule has 20 heavy (non-hydrogen) atoms. The minimum atomic E-state index is 0.221. The highest BCUT2D eigenvalue weighted by molar-refractivity contribution is 6.28. The lowest BCUT2D eigenvalue weighted by molar-refractivity contribution is 0.122. The van der Waals surface area contributed by atoms with Gasteiger partial charge in [-0.05, 0) is 25.7 Å². The summed E-state index contributed by atoms with van der Waals surface area (Å²) in [5.41, 5.74) is 0.654. The summed E-state index contributed by atoms with van der Waals surface area (Å²) in [6, 6.07) is 0.449. The van der Waals surface area contributed by atoms with Gasteiger partial charge in [-0.15, -0.1) is 0 Å². The lowest BCUT2D eigenvalue weighted by Gasteiger charge is -2.37. The Morgan fingerprint density at radius 2 is 2.25 bits per heavy atom. The number of aromatic nitrogens is 4. The fourth-order valence-electron chi connectivity index (χ4n) is 2.48. The number of likely N-dealkylation sites (N-methyl/N-ethyl adjacent to an activating group) is 2. The topological polar surface area (TPSA) is 73.0 Å². The van der Waals surface area contributed by atoms with Gasteiger partial charge in [0.2, 0.25) is 5.28 Å². The van der Waals surface area contributed by atoms with E-state index in [4.69, 9.17) is 11.6 Å². The second-order valence-electron chi connectivity index (χ2n) is 5.25. The highest BCUT2D eigenvalue weighted by atomic mass is 35.5. The van der Waals surface area contributed by atoms with Gasteiger partial charge in [-0.25, -0.2) is 0 Å². The number of anilines is 1. The van der Waals surface area contributed by atoms with Crippen LogP contribution in [0.5, 0.6) is 0 Å². The second-order valence-corrected chi connectivity index (χ2v) is 5.59. The molecule has 0 saturated carbocycles. The molecule has 2 aromatic heterocycles. The van der Waals surface area contributed by atoms with Crippen LogP contribution in [0.2, 0.25) is 5.28 Å². The van der Waals surface area contributed by atoms with Crippen molar-refractivity contribution >= 4 is 28.5 Å². The molecule has 0 amide bonds. The number of nitrogens with one attached hydrogen (secondary N) is 2.